The second-order valence-electron chi connectivity index (χ2n) is 4.54. The normalized spacial score (nSPS) is 16.1. The molecule has 0 atom stereocenters. The van der Waals surface area contributed by atoms with E-state index >= 15 is 0 Å². The van der Waals surface area contributed by atoms with Crippen LogP contribution in [0.4, 0.5) is 5.95 Å². The first kappa shape index (κ1) is 11.1. The van der Waals surface area contributed by atoms with Crippen molar-refractivity contribution >= 4 is 32.9 Å². The van der Waals surface area contributed by atoms with Crippen LogP contribution in [0, 0.1) is 0 Å². The SMILES string of the molecule is BrCCN(c1nc2ccccc2[nH]1)C1CCC1. The number of imidazole rings is 1. The van der Waals surface area contributed by atoms with Crippen LogP contribution in [-0.4, -0.2) is 27.9 Å². The quantitative estimate of drug-likeness (QED) is 0.877. The lowest BCUT2D eigenvalue weighted by Crippen LogP contribution is -2.42. The van der Waals surface area contributed by atoms with Crippen molar-refractivity contribution in [2.45, 2.75) is 25.3 Å². The molecule has 0 amide bonds. The molecule has 3 nitrogen and oxygen atoms in total. The first-order valence-corrected chi connectivity index (χ1v) is 7.28. The van der Waals surface area contributed by atoms with E-state index < -0.39 is 0 Å². The van der Waals surface area contributed by atoms with Crippen molar-refractivity contribution in [2.24, 2.45) is 0 Å². The highest BCUT2D eigenvalue weighted by atomic mass is 79.9. The number of aromatic nitrogens is 2. The standard InChI is InChI=1S/C13H16BrN3/c14-8-9-17(10-4-3-5-10)13-15-11-6-1-2-7-12(11)16-13/h1-2,6-7,10H,3-5,8-9H2,(H,15,16). The third kappa shape index (κ3) is 2.06. The summed E-state index contributed by atoms with van der Waals surface area (Å²) in [6.07, 6.45) is 3.94. The van der Waals surface area contributed by atoms with Crippen molar-refractivity contribution in [3.63, 3.8) is 0 Å². The minimum atomic E-state index is 0.674. The van der Waals surface area contributed by atoms with Gasteiger partial charge in [0.25, 0.3) is 0 Å². The molecule has 2 aromatic rings. The Morgan fingerprint density at radius 2 is 2.18 bits per heavy atom. The van der Waals surface area contributed by atoms with Crippen LogP contribution in [-0.2, 0) is 0 Å². The molecule has 90 valence electrons. The number of nitrogens with zero attached hydrogens (tertiary/aromatic N) is 2. The van der Waals surface area contributed by atoms with Gasteiger partial charge in [0.15, 0.2) is 0 Å². The van der Waals surface area contributed by atoms with E-state index in [9.17, 15) is 0 Å². The number of para-hydroxylation sites is 2. The van der Waals surface area contributed by atoms with Gasteiger partial charge in [-0.2, -0.15) is 0 Å². The fourth-order valence-electron chi connectivity index (χ4n) is 2.33. The number of rotatable bonds is 4. The van der Waals surface area contributed by atoms with Crippen molar-refractivity contribution in [3.05, 3.63) is 24.3 Å². The molecule has 17 heavy (non-hydrogen) atoms. The molecule has 0 aliphatic heterocycles. The smallest absolute Gasteiger partial charge is 0.204 e. The second-order valence-corrected chi connectivity index (χ2v) is 5.34. The number of hydrogen-bond donors (Lipinski definition) is 1. The van der Waals surface area contributed by atoms with Crippen LogP contribution < -0.4 is 4.90 Å². The molecule has 0 spiro atoms. The predicted octanol–water partition coefficient (Wildman–Crippen LogP) is 3.32. The van der Waals surface area contributed by atoms with Gasteiger partial charge in [-0.25, -0.2) is 4.98 Å². The zero-order valence-corrected chi connectivity index (χ0v) is 11.3. The molecule has 1 heterocycles. The third-order valence-electron chi connectivity index (χ3n) is 3.49. The van der Waals surface area contributed by atoms with Crippen LogP contribution in [0.5, 0.6) is 0 Å². The molecular formula is C13H16BrN3. The van der Waals surface area contributed by atoms with E-state index in [0.29, 0.717) is 6.04 Å². The molecule has 1 aliphatic carbocycles. The minimum absolute atomic E-state index is 0.674. The Kier molecular flexibility index (Phi) is 3.05. The number of aromatic amines is 1. The first-order valence-electron chi connectivity index (χ1n) is 6.16. The Bertz CT molecular complexity index is 471. The topological polar surface area (TPSA) is 31.9 Å². The number of fused-ring (bicyclic) bond motifs is 1. The number of hydrogen-bond acceptors (Lipinski definition) is 2. The maximum Gasteiger partial charge on any atom is 0.204 e. The third-order valence-corrected chi connectivity index (χ3v) is 3.84. The van der Waals surface area contributed by atoms with Crippen LogP contribution in [0.3, 0.4) is 0 Å². The molecule has 0 saturated heterocycles. The average molecular weight is 294 g/mol. The minimum Gasteiger partial charge on any atom is -0.339 e. The van der Waals surface area contributed by atoms with Gasteiger partial charge >= 0.3 is 0 Å². The lowest BCUT2D eigenvalue weighted by molar-refractivity contribution is 0.387. The van der Waals surface area contributed by atoms with Crippen molar-refractivity contribution in [2.75, 3.05) is 16.8 Å². The van der Waals surface area contributed by atoms with Gasteiger partial charge in [0.2, 0.25) is 5.95 Å². The molecule has 1 fully saturated rings. The Hall–Kier alpha value is -1.03. The van der Waals surface area contributed by atoms with Crippen molar-refractivity contribution < 1.29 is 0 Å². The van der Waals surface area contributed by atoms with Gasteiger partial charge in [-0.1, -0.05) is 28.1 Å². The molecule has 1 aromatic heterocycles. The summed E-state index contributed by atoms with van der Waals surface area (Å²) in [4.78, 5) is 10.5. The number of H-pyrrole nitrogens is 1. The van der Waals surface area contributed by atoms with Crippen LogP contribution in [0.2, 0.25) is 0 Å². The largest absolute Gasteiger partial charge is 0.339 e. The fourth-order valence-corrected chi connectivity index (χ4v) is 2.71. The fraction of sp³-hybridized carbons (Fsp3) is 0.462. The van der Waals surface area contributed by atoms with Gasteiger partial charge < -0.3 is 9.88 Å². The van der Waals surface area contributed by atoms with E-state index in [1.807, 2.05) is 12.1 Å². The van der Waals surface area contributed by atoms with Crippen molar-refractivity contribution in [3.8, 4) is 0 Å². The van der Waals surface area contributed by atoms with E-state index in [1.54, 1.807) is 0 Å². The molecule has 0 radical (unpaired) electrons. The van der Waals surface area contributed by atoms with Gasteiger partial charge in [0.05, 0.1) is 11.0 Å². The maximum atomic E-state index is 4.68. The monoisotopic (exact) mass is 293 g/mol. The Labute approximate surface area is 109 Å². The molecule has 1 aromatic carbocycles. The van der Waals surface area contributed by atoms with E-state index in [2.05, 4.69) is 42.9 Å². The van der Waals surface area contributed by atoms with Crippen molar-refractivity contribution in [1.29, 1.82) is 0 Å². The second kappa shape index (κ2) is 4.69. The van der Waals surface area contributed by atoms with Gasteiger partial charge in [-0.15, -0.1) is 0 Å². The predicted molar refractivity (Wildman–Crippen MR) is 74.9 cm³/mol. The van der Waals surface area contributed by atoms with Crippen LogP contribution >= 0.6 is 15.9 Å². The highest BCUT2D eigenvalue weighted by Crippen LogP contribution is 2.29. The molecule has 1 aliphatic rings. The Balaban J connectivity index is 1.93. The van der Waals surface area contributed by atoms with E-state index in [1.165, 1.54) is 19.3 Å². The summed E-state index contributed by atoms with van der Waals surface area (Å²) in [5, 5.41) is 0.987. The van der Waals surface area contributed by atoms with Gasteiger partial charge in [-0.05, 0) is 31.4 Å². The number of halogens is 1. The number of benzene rings is 1. The molecule has 1 saturated carbocycles. The zero-order valence-electron chi connectivity index (χ0n) is 9.69. The van der Waals surface area contributed by atoms with Crippen molar-refractivity contribution in [1.82, 2.24) is 9.97 Å². The number of nitrogens with one attached hydrogen (secondary N) is 1. The van der Waals surface area contributed by atoms with Gasteiger partial charge in [0.1, 0.15) is 0 Å². The molecule has 3 rings (SSSR count). The molecular weight excluding hydrogens is 278 g/mol. The average Bonchev–Trinajstić information content (AvgIpc) is 2.69. The number of anilines is 1. The number of alkyl halides is 1. The zero-order chi connectivity index (χ0) is 11.7. The summed E-state index contributed by atoms with van der Waals surface area (Å²) in [6, 6.07) is 8.89. The summed E-state index contributed by atoms with van der Waals surface area (Å²) in [7, 11) is 0. The highest BCUT2D eigenvalue weighted by molar-refractivity contribution is 9.09. The summed E-state index contributed by atoms with van der Waals surface area (Å²) in [6.45, 7) is 1.02. The van der Waals surface area contributed by atoms with Crippen LogP contribution in [0.1, 0.15) is 19.3 Å². The summed E-state index contributed by atoms with van der Waals surface area (Å²) in [5.41, 5.74) is 2.18. The summed E-state index contributed by atoms with van der Waals surface area (Å²) in [5.74, 6) is 1.02. The van der Waals surface area contributed by atoms with E-state index in [0.717, 1.165) is 28.9 Å². The van der Waals surface area contributed by atoms with Crippen LogP contribution in [0.15, 0.2) is 24.3 Å². The van der Waals surface area contributed by atoms with E-state index in [4.69, 9.17) is 0 Å². The van der Waals surface area contributed by atoms with E-state index in [-0.39, 0.29) is 0 Å². The lowest BCUT2D eigenvalue weighted by Gasteiger charge is -2.37. The Morgan fingerprint density at radius 1 is 1.35 bits per heavy atom. The molecule has 0 unspecified atom stereocenters. The molecule has 1 N–H and O–H groups in total. The van der Waals surface area contributed by atoms with Crippen LogP contribution in [0.25, 0.3) is 11.0 Å². The summed E-state index contributed by atoms with van der Waals surface area (Å²) >= 11 is 3.53. The highest BCUT2D eigenvalue weighted by Gasteiger charge is 2.26. The summed E-state index contributed by atoms with van der Waals surface area (Å²) < 4.78 is 0. The first-order chi connectivity index (χ1) is 8.38. The maximum absolute atomic E-state index is 4.68. The van der Waals surface area contributed by atoms with Gasteiger partial charge in [-0.3, -0.25) is 0 Å². The molecule has 4 heteroatoms. The van der Waals surface area contributed by atoms with Gasteiger partial charge in [0, 0.05) is 17.9 Å². The Morgan fingerprint density at radius 3 is 2.82 bits per heavy atom. The molecule has 0 bridgehead atoms. The lowest BCUT2D eigenvalue weighted by atomic mass is 9.92.